The van der Waals surface area contributed by atoms with Crippen LogP contribution in [-0.2, 0) is 14.8 Å². The molecule has 1 heterocycles. The highest BCUT2D eigenvalue weighted by atomic mass is 32.2. The van der Waals surface area contributed by atoms with Gasteiger partial charge in [-0.05, 0) is 37.2 Å². The maximum atomic E-state index is 13.0. The molecule has 2 aliphatic carbocycles. The summed E-state index contributed by atoms with van der Waals surface area (Å²) < 4.78 is 32.4. The first kappa shape index (κ1) is 14.8. The van der Waals surface area contributed by atoms with Crippen LogP contribution in [-0.4, -0.2) is 30.1 Å². The zero-order chi connectivity index (χ0) is 16.2. The van der Waals surface area contributed by atoms with Crippen LogP contribution in [0.2, 0.25) is 0 Å². The highest BCUT2D eigenvalue weighted by Gasteiger charge is 2.53. The molecule has 2 fully saturated rings. The number of ether oxygens (including phenoxy) is 1. The quantitative estimate of drug-likeness (QED) is 0.798. The largest absolute Gasteiger partial charge is 0.438 e. The number of rotatable bonds is 3. The van der Waals surface area contributed by atoms with E-state index < -0.39 is 33.5 Å². The van der Waals surface area contributed by atoms with E-state index in [9.17, 15) is 13.2 Å². The second-order valence-electron chi connectivity index (χ2n) is 6.62. The molecule has 1 amide bonds. The van der Waals surface area contributed by atoms with E-state index in [0.29, 0.717) is 12.3 Å². The lowest BCUT2D eigenvalue weighted by Crippen LogP contribution is -2.44. The Morgan fingerprint density at radius 3 is 2.48 bits per heavy atom. The summed E-state index contributed by atoms with van der Waals surface area (Å²) in [6, 6.07) is 8.76. The topological polar surface area (TPSA) is 63.7 Å². The average molecular weight is 333 g/mol. The van der Waals surface area contributed by atoms with Gasteiger partial charge in [0.2, 0.25) is 10.0 Å². The van der Waals surface area contributed by atoms with Crippen molar-refractivity contribution in [2.24, 2.45) is 11.8 Å². The Balaban J connectivity index is 1.64. The van der Waals surface area contributed by atoms with E-state index >= 15 is 0 Å². The van der Waals surface area contributed by atoms with Gasteiger partial charge in [0, 0.05) is 0 Å². The zero-order valence-corrected chi connectivity index (χ0v) is 13.6. The van der Waals surface area contributed by atoms with Gasteiger partial charge in [0.25, 0.3) is 0 Å². The summed E-state index contributed by atoms with van der Waals surface area (Å²) in [5.41, 5.74) is 0.818. The van der Waals surface area contributed by atoms with E-state index in [1.165, 1.54) is 0 Å². The molecular weight excluding hydrogens is 314 g/mol. The SMILES string of the molecule is CC1C(c2ccccc2)OC(=O)N1S(=O)(=O)C1CC2C=CC1C2. The van der Waals surface area contributed by atoms with Gasteiger partial charge in [-0.15, -0.1) is 0 Å². The minimum Gasteiger partial charge on any atom is -0.438 e. The van der Waals surface area contributed by atoms with Crippen molar-refractivity contribution in [3.8, 4) is 0 Å². The van der Waals surface area contributed by atoms with Gasteiger partial charge in [-0.2, -0.15) is 4.31 Å². The minimum absolute atomic E-state index is 0.0285. The second-order valence-corrected chi connectivity index (χ2v) is 8.64. The first-order chi connectivity index (χ1) is 11.0. The third kappa shape index (κ3) is 2.19. The van der Waals surface area contributed by atoms with Crippen LogP contribution in [0.15, 0.2) is 42.5 Å². The Labute approximate surface area is 136 Å². The maximum Gasteiger partial charge on any atom is 0.424 e. The lowest BCUT2D eigenvalue weighted by atomic mass is 10.0. The molecule has 0 spiro atoms. The maximum absolute atomic E-state index is 13.0. The number of hydrogen-bond donors (Lipinski definition) is 0. The number of sulfonamides is 1. The van der Waals surface area contributed by atoms with Crippen molar-refractivity contribution in [1.82, 2.24) is 4.31 Å². The fraction of sp³-hybridized carbons (Fsp3) is 0.471. The summed E-state index contributed by atoms with van der Waals surface area (Å²) >= 11 is 0. The second kappa shape index (κ2) is 5.09. The van der Waals surface area contributed by atoms with E-state index in [1.807, 2.05) is 36.4 Å². The van der Waals surface area contributed by atoms with Crippen LogP contribution in [0.1, 0.15) is 31.4 Å². The van der Waals surface area contributed by atoms with Gasteiger partial charge in [-0.1, -0.05) is 42.5 Å². The van der Waals surface area contributed by atoms with Crippen molar-refractivity contribution in [3.63, 3.8) is 0 Å². The van der Waals surface area contributed by atoms with Crippen molar-refractivity contribution >= 4 is 16.1 Å². The molecule has 1 saturated carbocycles. The molecule has 5 atom stereocenters. The highest BCUT2D eigenvalue weighted by molar-refractivity contribution is 7.90. The van der Waals surface area contributed by atoms with Crippen LogP contribution in [0.25, 0.3) is 0 Å². The first-order valence-electron chi connectivity index (χ1n) is 7.95. The van der Waals surface area contributed by atoms with Crippen LogP contribution in [0.5, 0.6) is 0 Å². The molecule has 1 aromatic rings. The molecule has 122 valence electrons. The molecule has 23 heavy (non-hydrogen) atoms. The normalized spacial score (nSPS) is 35.8. The van der Waals surface area contributed by atoms with Crippen molar-refractivity contribution in [2.45, 2.75) is 37.2 Å². The Hall–Kier alpha value is -1.82. The molecule has 5 unspecified atom stereocenters. The van der Waals surface area contributed by atoms with Gasteiger partial charge in [0.1, 0.15) is 0 Å². The van der Waals surface area contributed by atoms with Gasteiger partial charge >= 0.3 is 6.09 Å². The number of carbonyl (C=O) groups excluding carboxylic acids is 1. The fourth-order valence-corrected chi connectivity index (χ4v) is 6.34. The summed E-state index contributed by atoms with van der Waals surface area (Å²) in [5, 5.41) is -0.498. The summed E-state index contributed by atoms with van der Waals surface area (Å²) in [4.78, 5) is 12.3. The standard InChI is InChI=1S/C17H19NO4S/c1-11-16(13-5-3-2-4-6-13)22-17(19)18(11)23(20,21)15-10-12-7-8-14(15)9-12/h2-8,11-12,14-16H,9-10H2,1H3. The molecule has 0 aromatic heterocycles. The van der Waals surface area contributed by atoms with Crippen molar-refractivity contribution in [3.05, 3.63) is 48.0 Å². The average Bonchev–Trinajstić information content (AvgIpc) is 3.23. The van der Waals surface area contributed by atoms with Gasteiger partial charge in [-0.25, -0.2) is 13.2 Å². The molecule has 6 heteroatoms. The van der Waals surface area contributed by atoms with E-state index in [2.05, 4.69) is 6.08 Å². The van der Waals surface area contributed by atoms with Crippen LogP contribution >= 0.6 is 0 Å². The number of allylic oxidation sites excluding steroid dienone is 2. The molecule has 1 aromatic carbocycles. The lowest BCUT2D eigenvalue weighted by Gasteiger charge is -2.27. The number of cyclic esters (lactones) is 1. The smallest absolute Gasteiger partial charge is 0.424 e. The van der Waals surface area contributed by atoms with Crippen molar-refractivity contribution in [1.29, 1.82) is 0 Å². The minimum atomic E-state index is -3.70. The first-order valence-corrected chi connectivity index (χ1v) is 9.46. The highest BCUT2D eigenvalue weighted by Crippen LogP contribution is 2.45. The molecule has 0 N–H and O–H groups in total. The third-order valence-electron chi connectivity index (χ3n) is 5.22. The van der Waals surface area contributed by atoms with Gasteiger partial charge in [0.05, 0.1) is 11.3 Å². The molecule has 0 radical (unpaired) electrons. The lowest BCUT2D eigenvalue weighted by molar-refractivity contribution is 0.132. The van der Waals surface area contributed by atoms with E-state index in [4.69, 9.17) is 4.74 Å². The molecule has 4 rings (SSSR count). The number of carbonyl (C=O) groups is 1. The molecular formula is C17H19NO4S. The fourth-order valence-electron chi connectivity index (χ4n) is 4.09. The molecule has 1 saturated heterocycles. The van der Waals surface area contributed by atoms with Crippen LogP contribution in [0.3, 0.4) is 0 Å². The summed E-state index contributed by atoms with van der Waals surface area (Å²) in [5.74, 6) is 0.361. The van der Waals surface area contributed by atoms with Crippen LogP contribution in [0.4, 0.5) is 4.79 Å². The van der Waals surface area contributed by atoms with Crippen LogP contribution in [0, 0.1) is 11.8 Å². The number of hydrogen-bond acceptors (Lipinski definition) is 4. The van der Waals surface area contributed by atoms with Gasteiger partial charge in [-0.3, -0.25) is 0 Å². The Kier molecular flexibility index (Phi) is 3.27. The number of fused-ring (bicyclic) bond motifs is 2. The summed E-state index contributed by atoms with van der Waals surface area (Å²) in [6.07, 6.45) is 4.26. The number of benzene rings is 1. The predicted octanol–water partition coefficient (Wildman–Crippen LogP) is 2.86. The number of nitrogens with zero attached hydrogens (tertiary/aromatic N) is 1. The molecule has 2 bridgehead atoms. The summed E-state index contributed by atoms with van der Waals surface area (Å²) in [7, 11) is -3.70. The van der Waals surface area contributed by atoms with E-state index in [0.717, 1.165) is 16.3 Å². The molecule has 1 aliphatic heterocycles. The third-order valence-corrected chi connectivity index (χ3v) is 7.56. The van der Waals surface area contributed by atoms with E-state index in [-0.39, 0.29) is 5.92 Å². The van der Waals surface area contributed by atoms with Crippen molar-refractivity contribution in [2.75, 3.05) is 0 Å². The van der Waals surface area contributed by atoms with Gasteiger partial charge in [0.15, 0.2) is 6.10 Å². The summed E-state index contributed by atoms with van der Waals surface area (Å²) in [6.45, 7) is 1.74. The van der Waals surface area contributed by atoms with Crippen molar-refractivity contribution < 1.29 is 17.9 Å². The Morgan fingerprint density at radius 2 is 1.87 bits per heavy atom. The van der Waals surface area contributed by atoms with E-state index in [1.54, 1.807) is 6.92 Å². The Morgan fingerprint density at radius 1 is 1.13 bits per heavy atom. The monoisotopic (exact) mass is 333 g/mol. The van der Waals surface area contributed by atoms with Crippen LogP contribution < -0.4 is 0 Å². The number of amides is 1. The van der Waals surface area contributed by atoms with Gasteiger partial charge < -0.3 is 4.74 Å². The molecule has 5 nitrogen and oxygen atoms in total. The predicted molar refractivity (Wildman–Crippen MR) is 85.0 cm³/mol. The zero-order valence-electron chi connectivity index (χ0n) is 12.8. The Bertz CT molecular complexity index is 758. The molecule has 3 aliphatic rings.